The van der Waals surface area contributed by atoms with E-state index >= 15 is 0 Å². The van der Waals surface area contributed by atoms with Crippen molar-refractivity contribution < 1.29 is 9.50 Å². The average Bonchev–Trinajstić information content (AvgIpc) is 2.69. The second-order valence-electron chi connectivity index (χ2n) is 8.02. The molecule has 0 aliphatic carbocycles. The van der Waals surface area contributed by atoms with Crippen LogP contribution < -0.4 is 4.90 Å². The zero-order chi connectivity index (χ0) is 18.8. The monoisotopic (exact) mass is 368 g/mol. The van der Waals surface area contributed by atoms with Crippen LogP contribution in [-0.4, -0.2) is 48.3 Å². The third-order valence-electron chi connectivity index (χ3n) is 6.32. The van der Waals surface area contributed by atoms with Crippen molar-refractivity contribution in [3.05, 3.63) is 65.5 Å². The molecule has 0 bridgehead atoms. The molecule has 144 valence electrons. The van der Waals surface area contributed by atoms with Gasteiger partial charge in [-0.25, -0.2) is 4.39 Å². The van der Waals surface area contributed by atoms with Gasteiger partial charge in [-0.2, -0.15) is 0 Å². The Balaban J connectivity index is 1.34. The van der Waals surface area contributed by atoms with E-state index < -0.39 is 0 Å². The second-order valence-corrected chi connectivity index (χ2v) is 8.02. The van der Waals surface area contributed by atoms with Crippen molar-refractivity contribution in [3.63, 3.8) is 0 Å². The van der Waals surface area contributed by atoms with Gasteiger partial charge in [-0.1, -0.05) is 30.3 Å². The van der Waals surface area contributed by atoms with Gasteiger partial charge in [0.1, 0.15) is 5.82 Å². The number of aryl methyl sites for hydroxylation is 1. The lowest BCUT2D eigenvalue weighted by atomic mass is 9.86. The van der Waals surface area contributed by atoms with Gasteiger partial charge in [0.05, 0.1) is 6.10 Å². The molecule has 2 aromatic rings. The molecular formula is C23H29FN2O. The maximum absolute atomic E-state index is 13.4. The molecule has 0 radical (unpaired) electrons. The SMILES string of the molecule is Cc1cc(F)ccc1N1CCC(N2CC[C@H](c3ccccc3)[C@H](O)C2)CC1. The first-order valence-electron chi connectivity index (χ1n) is 10.1. The van der Waals surface area contributed by atoms with Crippen LogP contribution in [0.5, 0.6) is 0 Å². The summed E-state index contributed by atoms with van der Waals surface area (Å²) in [4.78, 5) is 4.86. The van der Waals surface area contributed by atoms with Crippen LogP contribution in [0.3, 0.4) is 0 Å². The van der Waals surface area contributed by atoms with E-state index in [1.807, 2.05) is 19.1 Å². The second kappa shape index (κ2) is 7.99. The Bertz CT molecular complexity index is 758. The number of anilines is 1. The summed E-state index contributed by atoms with van der Waals surface area (Å²) in [5, 5.41) is 10.7. The van der Waals surface area contributed by atoms with Crippen LogP contribution in [0.2, 0.25) is 0 Å². The minimum atomic E-state index is -0.293. The number of aliphatic hydroxyl groups excluding tert-OH is 1. The van der Waals surface area contributed by atoms with Crippen LogP contribution in [0.4, 0.5) is 10.1 Å². The van der Waals surface area contributed by atoms with Crippen LogP contribution in [0.1, 0.15) is 36.3 Å². The molecule has 0 spiro atoms. The molecule has 2 saturated heterocycles. The van der Waals surface area contributed by atoms with Gasteiger partial charge in [0, 0.05) is 37.3 Å². The predicted octanol–water partition coefficient (Wildman–Crippen LogP) is 3.95. The van der Waals surface area contributed by atoms with E-state index in [2.05, 4.69) is 34.1 Å². The summed E-state index contributed by atoms with van der Waals surface area (Å²) < 4.78 is 13.4. The number of benzene rings is 2. The molecule has 2 atom stereocenters. The van der Waals surface area contributed by atoms with Crippen molar-refractivity contribution in [2.75, 3.05) is 31.1 Å². The summed E-state index contributed by atoms with van der Waals surface area (Å²) in [6.45, 7) is 5.78. The minimum Gasteiger partial charge on any atom is -0.391 e. The Morgan fingerprint density at radius 2 is 1.70 bits per heavy atom. The number of β-amino-alcohol motifs (C(OH)–C–C–N with tert-alkyl or cyclic N) is 1. The van der Waals surface area contributed by atoms with Crippen LogP contribution in [-0.2, 0) is 0 Å². The highest BCUT2D eigenvalue weighted by atomic mass is 19.1. The van der Waals surface area contributed by atoms with Crippen molar-refractivity contribution in [2.24, 2.45) is 0 Å². The number of hydrogen-bond acceptors (Lipinski definition) is 3. The Kier molecular flexibility index (Phi) is 5.46. The van der Waals surface area contributed by atoms with Gasteiger partial charge in [-0.3, -0.25) is 4.90 Å². The van der Waals surface area contributed by atoms with E-state index in [1.165, 1.54) is 5.56 Å². The lowest BCUT2D eigenvalue weighted by molar-refractivity contribution is 0.0239. The Morgan fingerprint density at radius 3 is 2.37 bits per heavy atom. The summed E-state index contributed by atoms with van der Waals surface area (Å²) in [5.41, 5.74) is 3.41. The molecule has 3 nitrogen and oxygen atoms in total. The number of halogens is 1. The lowest BCUT2D eigenvalue weighted by Crippen LogP contribution is -2.51. The first-order chi connectivity index (χ1) is 13.1. The molecule has 0 unspecified atom stereocenters. The molecule has 2 aliphatic heterocycles. The predicted molar refractivity (Wildman–Crippen MR) is 108 cm³/mol. The highest BCUT2D eigenvalue weighted by Gasteiger charge is 2.33. The Hall–Kier alpha value is -1.91. The van der Waals surface area contributed by atoms with Gasteiger partial charge in [0.25, 0.3) is 0 Å². The molecule has 4 rings (SSSR count). The quantitative estimate of drug-likeness (QED) is 0.889. The highest BCUT2D eigenvalue weighted by Crippen LogP contribution is 2.32. The number of nitrogens with zero attached hydrogens (tertiary/aromatic N) is 2. The van der Waals surface area contributed by atoms with E-state index in [9.17, 15) is 9.50 Å². The largest absolute Gasteiger partial charge is 0.391 e. The fraction of sp³-hybridized carbons (Fsp3) is 0.478. The van der Waals surface area contributed by atoms with E-state index in [-0.39, 0.29) is 17.8 Å². The molecule has 0 aromatic heterocycles. The zero-order valence-corrected chi connectivity index (χ0v) is 16.0. The lowest BCUT2D eigenvalue weighted by Gasteiger charge is -2.44. The molecular weight excluding hydrogens is 339 g/mol. The van der Waals surface area contributed by atoms with Crippen LogP contribution >= 0.6 is 0 Å². The van der Waals surface area contributed by atoms with Crippen LogP contribution in [0.25, 0.3) is 0 Å². The van der Waals surface area contributed by atoms with Gasteiger partial charge < -0.3 is 10.0 Å². The number of rotatable bonds is 3. The average molecular weight is 368 g/mol. The summed E-state index contributed by atoms with van der Waals surface area (Å²) in [5.74, 6) is 0.0887. The standard InChI is InChI=1S/C23H29FN2O/c1-17-15-19(24)7-8-22(17)25-12-9-20(10-13-25)26-14-11-21(23(27)16-26)18-5-3-2-4-6-18/h2-8,15,20-21,23,27H,9-14,16H2,1H3/t21-,23-/m1/s1. The van der Waals surface area contributed by atoms with Crippen molar-refractivity contribution in [3.8, 4) is 0 Å². The van der Waals surface area contributed by atoms with Gasteiger partial charge in [-0.15, -0.1) is 0 Å². The molecule has 2 fully saturated rings. The minimum absolute atomic E-state index is 0.165. The number of hydrogen-bond donors (Lipinski definition) is 1. The van der Waals surface area contributed by atoms with Gasteiger partial charge >= 0.3 is 0 Å². The topological polar surface area (TPSA) is 26.7 Å². The van der Waals surface area contributed by atoms with Gasteiger partial charge in [0.15, 0.2) is 0 Å². The first-order valence-corrected chi connectivity index (χ1v) is 10.1. The van der Waals surface area contributed by atoms with Crippen molar-refractivity contribution >= 4 is 5.69 Å². The Labute approximate surface area is 161 Å². The first kappa shape index (κ1) is 18.5. The molecule has 1 N–H and O–H groups in total. The van der Waals surface area contributed by atoms with Crippen molar-refractivity contribution in [2.45, 2.75) is 44.2 Å². The normalized spacial score (nSPS) is 24.9. The number of piperidine rings is 2. The molecule has 2 aliphatic rings. The Morgan fingerprint density at radius 1 is 0.963 bits per heavy atom. The van der Waals surface area contributed by atoms with Crippen molar-refractivity contribution in [1.29, 1.82) is 0 Å². The molecule has 27 heavy (non-hydrogen) atoms. The van der Waals surface area contributed by atoms with Crippen LogP contribution in [0, 0.1) is 12.7 Å². The molecule has 2 heterocycles. The molecule has 4 heteroatoms. The zero-order valence-electron chi connectivity index (χ0n) is 16.0. The maximum Gasteiger partial charge on any atom is 0.123 e. The summed E-state index contributed by atoms with van der Waals surface area (Å²) in [6, 6.07) is 16.0. The van der Waals surface area contributed by atoms with Gasteiger partial charge in [0.2, 0.25) is 0 Å². The fourth-order valence-corrected chi connectivity index (χ4v) is 4.82. The van der Waals surface area contributed by atoms with E-state index in [0.717, 1.165) is 56.7 Å². The van der Waals surface area contributed by atoms with Crippen molar-refractivity contribution in [1.82, 2.24) is 4.90 Å². The fourth-order valence-electron chi connectivity index (χ4n) is 4.82. The smallest absolute Gasteiger partial charge is 0.123 e. The van der Waals surface area contributed by atoms with E-state index in [4.69, 9.17) is 0 Å². The van der Waals surface area contributed by atoms with Gasteiger partial charge in [-0.05, 0) is 62.1 Å². The third kappa shape index (κ3) is 4.02. The number of likely N-dealkylation sites (tertiary alicyclic amines) is 1. The third-order valence-corrected chi connectivity index (χ3v) is 6.32. The van der Waals surface area contributed by atoms with E-state index in [1.54, 1.807) is 12.1 Å². The van der Waals surface area contributed by atoms with Crippen LogP contribution in [0.15, 0.2) is 48.5 Å². The maximum atomic E-state index is 13.4. The molecule has 2 aromatic carbocycles. The summed E-state index contributed by atoms with van der Waals surface area (Å²) in [7, 11) is 0. The summed E-state index contributed by atoms with van der Waals surface area (Å²) >= 11 is 0. The number of aliphatic hydroxyl groups is 1. The summed E-state index contributed by atoms with van der Waals surface area (Å²) in [6.07, 6.45) is 2.92. The van der Waals surface area contributed by atoms with E-state index in [0.29, 0.717) is 6.04 Å². The molecule has 0 amide bonds. The molecule has 0 saturated carbocycles. The highest BCUT2D eigenvalue weighted by molar-refractivity contribution is 5.53.